The quantitative estimate of drug-likeness (QED) is 0.584. The van der Waals surface area contributed by atoms with E-state index in [1.807, 2.05) is 0 Å². The minimum Gasteiger partial charge on any atom is -0.481 e. The van der Waals surface area contributed by atoms with E-state index in [0.29, 0.717) is 12.8 Å². The highest BCUT2D eigenvalue weighted by Gasteiger charge is 2.15. The van der Waals surface area contributed by atoms with E-state index < -0.39 is 17.7 Å². The first-order chi connectivity index (χ1) is 8.20. The molecule has 0 aromatic heterocycles. The highest BCUT2D eigenvalue weighted by atomic mass is 16.6. The van der Waals surface area contributed by atoms with Crippen LogP contribution in [0.4, 0.5) is 4.79 Å². The van der Waals surface area contributed by atoms with Crippen LogP contribution in [0.3, 0.4) is 0 Å². The van der Waals surface area contributed by atoms with Gasteiger partial charge < -0.3 is 9.84 Å². The Morgan fingerprint density at radius 3 is 2.17 bits per heavy atom. The Hall–Kier alpha value is -1.39. The van der Waals surface area contributed by atoms with Crippen molar-refractivity contribution >= 4 is 17.8 Å². The van der Waals surface area contributed by atoms with Crippen molar-refractivity contribution in [3.05, 3.63) is 0 Å². The van der Waals surface area contributed by atoms with Crippen LogP contribution in [-0.4, -0.2) is 28.5 Å². The van der Waals surface area contributed by atoms with E-state index in [1.54, 1.807) is 27.7 Å². The van der Waals surface area contributed by atoms with Gasteiger partial charge in [-0.2, -0.15) is 4.99 Å². The van der Waals surface area contributed by atoms with Crippen LogP contribution >= 0.6 is 0 Å². The van der Waals surface area contributed by atoms with Crippen LogP contribution in [-0.2, 0) is 9.53 Å². The number of ether oxygens (including phenoxy) is 1. The first-order valence-electron chi connectivity index (χ1n) is 6.19. The van der Waals surface area contributed by atoms with Gasteiger partial charge in [-0.25, -0.2) is 4.79 Å². The minimum absolute atomic E-state index is 0.197. The van der Waals surface area contributed by atoms with Crippen molar-refractivity contribution in [3.63, 3.8) is 0 Å². The number of carboxylic acids is 1. The molecular formula is C13H23NO4. The second-order valence-electron chi connectivity index (χ2n) is 5.28. The second-order valence-corrected chi connectivity index (χ2v) is 5.28. The largest absolute Gasteiger partial charge is 0.481 e. The van der Waals surface area contributed by atoms with Gasteiger partial charge in [0, 0.05) is 12.1 Å². The standard InChI is InChI=1S/C13H23NO4/c1-10(8-6-5-7-9-11(15)16)14-12(17)18-13(2,3)4/h5-9H2,1-4H3,(H,15,16). The number of aliphatic imine (C=N–C) groups is 1. The van der Waals surface area contributed by atoms with Crippen LogP contribution < -0.4 is 0 Å². The Bertz CT molecular complexity index is 315. The van der Waals surface area contributed by atoms with Crippen LogP contribution in [0.5, 0.6) is 0 Å². The van der Waals surface area contributed by atoms with E-state index in [0.717, 1.165) is 18.6 Å². The smallest absolute Gasteiger partial charge is 0.434 e. The molecule has 0 unspecified atom stereocenters. The van der Waals surface area contributed by atoms with Gasteiger partial charge in [-0.05, 0) is 47.0 Å². The maximum absolute atomic E-state index is 11.4. The number of carbonyl (C=O) groups is 2. The van der Waals surface area contributed by atoms with Crippen molar-refractivity contribution in [1.82, 2.24) is 0 Å². The molecule has 0 spiro atoms. The molecule has 1 amide bonds. The van der Waals surface area contributed by atoms with Crippen molar-refractivity contribution in [3.8, 4) is 0 Å². The maximum atomic E-state index is 11.4. The fourth-order valence-electron chi connectivity index (χ4n) is 1.33. The molecule has 0 aliphatic heterocycles. The Labute approximate surface area is 108 Å². The topological polar surface area (TPSA) is 76.0 Å². The van der Waals surface area contributed by atoms with Gasteiger partial charge in [-0.3, -0.25) is 4.79 Å². The lowest BCUT2D eigenvalue weighted by Gasteiger charge is -2.17. The van der Waals surface area contributed by atoms with Gasteiger partial charge >= 0.3 is 12.1 Å². The van der Waals surface area contributed by atoms with Gasteiger partial charge in [0.25, 0.3) is 0 Å². The van der Waals surface area contributed by atoms with Crippen molar-refractivity contribution in [2.24, 2.45) is 4.99 Å². The monoisotopic (exact) mass is 257 g/mol. The van der Waals surface area contributed by atoms with E-state index in [2.05, 4.69) is 4.99 Å². The zero-order chi connectivity index (χ0) is 14.2. The van der Waals surface area contributed by atoms with Crippen LogP contribution in [0, 0.1) is 0 Å². The lowest BCUT2D eigenvalue weighted by atomic mass is 10.1. The lowest BCUT2D eigenvalue weighted by molar-refractivity contribution is -0.137. The van der Waals surface area contributed by atoms with Crippen LogP contribution in [0.1, 0.15) is 59.8 Å². The number of hydrogen-bond acceptors (Lipinski definition) is 3. The average molecular weight is 257 g/mol. The summed E-state index contributed by atoms with van der Waals surface area (Å²) in [6, 6.07) is 0. The normalized spacial score (nSPS) is 12.3. The molecule has 1 N–H and O–H groups in total. The third-order valence-electron chi connectivity index (χ3n) is 2.10. The number of carboxylic acid groups (broad SMARTS) is 1. The van der Waals surface area contributed by atoms with E-state index in [-0.39, 0.29) is 6.42 Å². The van der Waals surface area contributed by atoms with Crippen molar-refractivity contribution in [2.75, 3.05) is 0 Å². The second kappa shape index (κ2) is 7.84. The number of unbranched alkanes of at least 4 members (excludes halogenated alkanes) is 2. The summed E-state index contributed by atoms with van der Waals surface area (Å²) in [5.41, 5.74) is 0.196. The molecule has 5 heteroatoms. The molecule has 0 rings (SSSR count). The van der Waals surface area contributed by atoms with E-state index in [1.165, 1.54) is 0 Å². The van der Waals surface area contributed by atoms with Gasteiger partial charge in [0.05, 0.1) is 0 Å². The summed E-state index contributed by atoms with van der Waals surface area (Å²) < 4.78 is 5.06. The number of carbonyl (C=O) groups excluding carboxylic acids is 1. The molecule has 104 valence electrons. The predicted octanol–water partition coefficient (Wildman–Crippen LogP) is 3.42. The first kappa shape index (κ1) is 16.6. The zero-order valence-corrected chi connectivity index (χ0v) is 11.7. The summed E-state index contributed by atoms with van der Waals surface area (Å²) in [7, 11) is 0. The lowest BCUT2D eigenvalue weighted by Crippen LogP contribution is -2.22. The van der Waals surface area contributed by atoms with Crippen molar-refractivity contribution in [1.29, 1.82) is 0 Å². The molecule has 0 saturated heterocycles. The van der Waals surface area contributed by atoms with Crippen molar-refractivity contribution < 1.29 is 19.4 Å². The Kier molecular flexibility index (Phi) is 7.24. The summed E-state index contributed by atoms with van der Waals surface area (Å²) >= 11 is 0. The highest BCUT2D eigenvalue weighted by molar-refractivity contribution is 5.91. The molecule has 0 heterocycles. The maximum Gasteiger partial charge on any atom is 0.434 e. The number of hydrogen-bond donors (Lipinski definition) is 1. The van der Waals surface area contributed by atoms with E-state index in [4.69, 9.17) is 9.84 Å². The molecule has 0 aliphatic carbocycles. The van der Waals surface area contributed by atoms with Gasteiger partial charge in [0.1, 0.15) is 5.60 Å². The predicted molar refractivity (Wildman–Crippen MR) is 70.1 cm³/mol. The fraction of sp³-hybridized carbons (Fsp3) is 0.769. The third kappa shape index (κ3) is 11.1. The van der Waals surface area contributed by atoms with Gasteiger partial charge in [0.2, 0.25) is 0 Å². The summed E-state index contributed by atoms with van der Waals surface area (Å²) in [6.45, 7) is 7.16. The summed E-state index contributed by atoms with van der Waals surface area (Å²) in [5.74, 6) is -0.769. The molecule has 0 fully saturated rings. The molecule has 18 heavy (non-hydrogen) atoms. The summed E-state index contributed by atoms with van der Waals surface area (Å²) in [6.07, 6.45) is 2.65. The van der Waals surface area contributed by atoms with Gasteiger partial charge in [0.15, 0.2) is 0 Å². The fourth-order valence-corrected chi connectivity index (χ4v) is 1.33. The van der Waals surface area contributed by atoms with Crippen LogP contribution in [0.15, 0.2) is 4.99 Å². The van der Waals surface area contributed by atoms with E-state index in [9.17, 15) is 9.59 Å². The first-order valence-corrected chi connectivity index (χ1v) is 6.19. The molecular weight excluding hydrogens is 234 g/mol. The third-order valence-corrected chi connectivity index (χ3v) is 2.10. The van der Waals surface area contributed by atoms with Crippen LogP contribution in [0.25, 0.3) is 0 Å². The Morgan fingerprint density at radius 1 is 1.11 bits per heavy atom. The molecule has 0 saturated carbocycles. The number of amides is 1. The highest BCUT2D eigenvalue weighted by Crippen LogP contribution is 2.09. The Morgan fingerprint density at radius 2 is 1.67 bits per heavy atom. The van der Waals surface area contributed by atoms with Crippen molar-refractivity contribution in [2.45, 2.75) is 65.4 Å². The molecule has 0 bridgehead atoms. The van der Waals surface area contributed by atoms with Gasteiger partial charge in [-0.15, -0.1) is 0 Å². The minimum atomic E-state index is -0.769. The average Bonchev–Trinajstić information content (AvgIpc) is 2.12. The summed E-state index contributed by atoms with van der Waals surface area (Å²) in [5, 5.41) is 8.46. The SMILES string of the molecule is CC(CCCCCC(=O)O)=NC(=O)OC(C)(C)C. The molecule has 0 aromatic rings. The van der Waals surface area contributed by atoms with Gasteiger partial charge in [-0.1, -0.05) is 6.42 Å². The zero-order valence-electron chi connectivity index (χ0n) is 11.7. The number of aliphatic carboxylic acids is 1. The molecule has 0 atom stereocenters. The van der Waals surface area contributed by atoms with Crippen LogP contribution in [0.2, 0.25) is 0 Å². The molecule has 5 nitrogen and oxygen atoms in total. The Balaban J connectivity index is 3.84. The number of nitrogens with zero attached hydrogens (tertiary/aromatic N) is 1. The summed E-state index contributed by atoms with van der Waals surface area (Å²) in [4.78, 5) is 25.5. The molecule has 0 aliphatic rings. The molecule has 0 aromatic carbocycles. The molecule has 0 radical (unpaired) electrons. The van der Waals surface area contributed by atoms with E-state index >= 15 is 0 Å². The number of rotatable bonds is 6.